The Labute approximate surface area is 204 Å². The maximum Gasteiger partial charge on any atom is 0.267 e. The lowest BCUT2D eigenvalue weighted by molar-refractivity contribution is -0.129. The van der Waals surface area contributed by atoms with Crippen molar-refractivity contribution in [2.24, 2.45) is 11.8 Å². The molecule has 4 rings (SSSR count). The van der Waals surface area contributed by atoms with E-state index in [4.69, 9.17) is 4.98 Å². The molecule has 2 aromatic heterocycles. The van der Waals surface area contributed by atoms with Crippen molar-refractivity contribution in [1.29, 1.82) is 0 Å². The molecule has 0 bridgehead atoms. The number of thioether (sulfide) groups is 1. The third-order valence-corrected chi connectivity index (χ3v) is 7.93. The van der Waals surface area contributed by atoms with E-state index in [1.54, 1.807) is 15.9 Å². The largest absolute Gasteiger partial charge is 0.341 e. The van der Waals surface area contributed by atoms with E-state index in [0.717, 1.165) is 48.3 Å². The third kappa shape index (κ3) is 5.35. The number of aryl methyl sites for hydroxylation is 2. The van der Waals surface area contributed by atoms with Crippen molar-refractivity contribution in [3.8, 4) is 5.69 Å². The summed E-state index contributed by atoms with van der Waals surface area (Å²) < 4.78 is 1.71. The number of para-hydroxylation sites is 1. The van der Waals surface area contributed by atoms with Gasteiger partial charge in [-0.25, -0.2) is 4.98 Å². The smallest absolute Gasteiger partial charge is 0.267 e. The zero-order valence-corrected chi connectivity index (χ0v) is 21.6. The topological polar surface area (TPSA) is 55.2 Å². The first-order valence-corrected chi connectivity index (χ1v) is 13.7. The number of nitrogens with zero attached hydrogens (tertiary/aromatic N) is 3. The Hall–Kier alpha value is -2.12. The van der Waals surface area contributed by atoms with Crippen molar-refractivity contribution in [2.45, 2.75) is 58.5 Å². The standard InChI is InChI=1S/C26H33N3O2S2/c1-17(2)14-28(15-18(3)4)22(30)16-32-26-27-24-23(20-12-8-9-13-21(20)33-24)25(31)29(26)19-10-6-5-7-11-19/h5-7,10-11,17-18H,8-9,12-16H2,1-4H3. The van der Waals surface area contributed by atoms with Crippen LogP contribution in [-0.2, 0) is 17.6 Å². The Kier molecular flexibility index (Phi) is 7.59. The fourth-order valence-corrected chi connectivity index (χ4v) is 6.68. The van der Waals surface area contributed by atoms with Gasteiger partial charge in [0.25, 0.3) is 5.56 Å². The molecule has 0 saturated heterocycles. The average Bonchev–Trinajstić information content (AvgIpc) is 3.15. The molecule has 0 radical (unpaired) electrons. The quantitative estimate of drug-likeness (QED) is 0.311. The van der Waals surface area contributed by atoms with Crippen LogP contribution in [0.25, 0.3) is 15.9 Å². The zero-order valence-electron chi connectivity index (χ0n) is 20.0. The van der Waals surface area contributed by atoms with Gasteiger partial charge in [-0.05, 0) is 55.2 Å². The van der Waals surface area contributed by atoms with E-state index in [1.165, 1.54) is 28.6 Å². The number of thiophene rings is 1. The Morgan fingerprint density at radius 1 is 1.09 bits per heavy atom. The fourth-order valence-electron chi connectivity index (χ4n) is 4.47. The van der Waals surface area contributed by atoms with Crippen LogP contribution in [0.3, 0.4) is 0 Å². The molecule has 0 aliphatic heterocycles. The molecule has 0 fully saturated rings. The van der Waals surface area contributed by atoms with Crippen LogP contribution >= 0.6 is 23.1 Å². The summed E-state index contributed by atoms with van der Waals surface area (Å²) in [7, 11) is 0. The highest BCUT2D eigenvalue weighted by molar-refractivity contribution is 7.99. The number of fused-ring (bicyclic) bond motifs is 3. The number of carbonyl (C=O) groups excluding carboxylic acids is 1. The van der Waals surface area contributed by atoms with Gasteiger partial charge in [0.05, 0.1) is 16.8 Å². The monoisotopic (exact) mass is 483 g/mol. The van der Waals surface area contributed by atoms with Gasteiger partial charge in [0.1, 0.15) is 4.83 Å². The zero-order chi connectivity index (χ0) is 23.5. The lowest BCUT2D eigenvalue weighted by atomic mass is 9.97. The van der Waals surface area contributed by atoms with Crippen LogP contribution in [-0.4, -0.2) is 39.2 Å². The molecule has 1 aromatic carbocycles. The second-order valence-corrected chi connectivity index (χ2v) is 11.7. The van der Waals surface area contributed by atoms with E-state index in [-0.39, 0.29) is 17.2 Å². The summed E-state index contributed by atoms with van der Waals surface area (Å²) in [5.74, 6) is 1.19. The molecule has 33 heavy (non-hydrogen) atoms. The van der Waals surface area contributed by atoms with Crippen molar-refractivity contribution in [2.75, 3.05) is 18.8 Å². The van der Waals surface area contributed by atoms with E-state index < -0.39 is 0 Å². The molecule has 0 N–H and O–H groups in total. The molecule has 0 spiro atoms. The normalized spacial score (nSPS) is 13.6. The van der Waals surface area contributed by atoms with Crippen molar-refractivity contribution >= 4 is 39.2 Å². The predicted molar refractivity (Wildman–Crippen MR) is 139 cm³/mol. The van der Waals surface area contributed by atoms with Gasteiger partial charge in [-0.3, -0.25) is 14.2 Å². The maximum absolute atomic E-state index is 13.8. The van der Waals surface area contributed by atoms with Crippen molar-refractivity contribution < 1.29 is 4.79 Å². The summed E-state index contributed by atoms with van der Waals surface area (Å²) in [5, 5.41) is 1.37. The predicted octanol–water partition coefficient (Wildman–Crippen LogP) is 5.56. The second kappa shape index (κ2) is 10.4. The van der Waals surface area contributed by atoms with Gasteiger partial charge in [-0.15, -0.1) is 11.3 Å². The molecule has 3 aromatic rings. The van der Waals surface area contributed by atoms with Gasteiger partial charge in [0.2, 0.25) is 5.91 Å². The summed E-state index contributed by atoms with van der Waals surface area (Å²) in [4.78, 5) is 35.9. The third-order valence-electron chi connectivity index (χ3n) is 5.82. The highest BCUT2D eigenvalue weighted by atomic mass is 32.2. The summed E-state index contributed by atoms with van der Waals surface area (Å²) in [6.45, 7) is 10.0. The number of benzene rings is 1. The van der Waals surface area contributed by atoms with Crippen molar-refractivity contribution in [3.63, 3.8) is 0 Å². The molecule has 0 saturated carbocycles. The van der Waals surface area contributed by atoms with Crippen LogP contribution in [0, 0.1) is 11.8 Å². The number of carbonyl (C=O) groups is 1. The Morgan fingerprint density at radius 2 is 1.76 bits per heavy atom. The maximum atomic E-state index is 13.8. The summed E-state index contributed by atoms with van der Waals surface area (Å²) in [6.07, 6.45) is 4.27. The first-order valence-electron chi connectivity index (χ1n) is 11.9. The lowest BCUT2D eigenvalue weighted by Crippen LogP contribution is -2.38. The summed E-state index contributed by atoms with van der Waals surface area (Å²) in [6, 6.07) is 9.68. The van der Waals surface area contributed by atoms with Crippen molar-refractivity contribution in [3.05, 3.63) is 51.1 Å². The van der Waals surface area contributed by atoms with Crippen LogP contribution in [0.4, 0.5) is 0 Å². The lowest BCUT2D eigenvalue weighted by Gasteiger charge is -2.26. The van der Waals surface area contributed by atoms with Crippen LogP contribution in [0.1, 0.15) is 51.0 Å². The van der Waals surface area contributed by atoms with Gasteiger partial charge < -0.3 is 4.90 Å². The molecular weight excluding hydrogens is 450 g/mol. The van der Waals surface area contributed by atoms with E-state index in [2.05, 4.69) is 27.7 Å². The minimum Gasteiger partial charge on any atom is -0.341 e. The van der Waals surface area contributed by atoms with E-state index in [9.17, 15) is 9.59 Å². The molecule has 176 valence electrons. The Morgan fingerprint density at radius 3 is 2.42 bits per heavy atom. The average molecular weight is 484 g/mol. The molecular formula is C26H33N3O2S2. The highest BCUT2D eigenvalue weighted by Gasteiger charge is 2.24. The number of hydrogen-bond acceptors (Lipinski definition) is 5. The Balaban J connectivity index is 1.72. The van der Waals surface area contributed by atoms with Gasteiger partial charge in [-0.1, -0.05) is 57.7 Å². The number of amides is 1. The molecule has 0 unspecified atom stereocenters. The minimum absolute atomic E-state index is 0.0123. The SMILES string of the molecule is CC(C)CN(CC(C)C)C(=O)CSc1nc2sc3c(c2c(=O)n1-c1ccccc1)CCCC3. The highest BCUT2D eigenvalue weighted by Crippen LogP contribution is 2.35. The molecule has 1 aliphatic rings. The van der Waals surface area contributed by atoms with Crippen LogP contribution < -0.4 is 5.56 Å². The van der Waals surface area contributed by atoms with Crippen LogP contribution in [0.2, 0.25) is 0 Å². The molecule has 7 heteroatoms. The summed E-state index contributed by atoms with van der Waals surface area (Å²) >= 11 is 3.03. The van der Waals surface area contributed by atoms with Gasteiger partial charge >= 0.3 is 0 Å². The first kappa shape index (κ1) is 24.0. The summed E-state index contributed by atoms with van der Waals surface area (Å²) in [5.41, 5.74) is 1.97. The number of rotatable bonds is 8. The molecule has 5 nitrogen and oxygen atoms in total. The van der Waals surface area contributed by atoms with Crippen LogP contribution in [0.5, 0.6) is 0 Å². The number of aromatic nitrogens is 2. The molecule has 2 heterocycles. The van der Waals surface area contributed by atoms with Crippen LogP contribution in [0.15, 0.2) is 40.3 Å². The van der Waals surface area contributed by atoms with E-state index in [1.807, 2.05) is 35.2 Å². The fraction of sp³-hybridized carbons (Fsp3) is 0.500. The minimum atomic E-state index is -0.0123. The van der Waals surface area contributed by atoms with Gasteiger partial charge in [0.15, 0.2) is 5.16 Å². The molecule has 1 aliphatic carbocycles. The second-order valence-electron chi connectivity index (χ2n) is 9.64. The molecule has 1 amide bonds. The number of hydrogen-bond donors (Lipinski definition) is 0. The van der Waals surface area contributed by atoms with Crippen molar-refractivity contribution in [1.82, 2.24) is 14.5 Å². The van der Waals surface area contributed by atoms with E-state index in [0.29, 0.717) is 17.0 Å². The first-order chi connectivity index (χ1) is 15.8. The molecule has 0 atom stereocenters. The Bertz CT molecular complexity index is 1170. The van der Waals surface area contributed by atoms with Gasteiger partial charge in [-0.2, -0.15) is 0 Å². The van der Waals surface area contributed by atoms with E-state index >= 15 is 0 Å². The van der Waals surface area contributed by atoms with Gasteiger partial charge in [0, 0.05) is 18.0 Å².